The van der Waals surface area contributed by atoms with Gasteiger partial charge in [-0.2, -0.15) is 5.10 Å². The van der Waals surface area contributed by atoms with E-state index in [0.717, 1.165) is 47.6 Å². The fourth-order valence-corrected chi connectivity index (χ4v) is 4.72. The minimum Gasteiger partial charge on any atom is -0.334 e. The first-order valence-corrected chi connectivity index (χ1v) is 8.79. The number of aromatic nitrogens is 2. The maximum Gasteiger partial charge on any atom is 0.254 e. The van der Waals surface area contributed by atoms with E-state index in [1.54, 1.807) is 0 Å². The zero-order valence-corrected chi connectivity index (χ0v) is 13.3. The third-order valence-electron chi connectivity index (χ3n) is 5.97. The van der Waals surface area contributed by atoms with Crippen LogP contribution < -0.4 is 0 Å². The van der Waals surface area contributed by atoms with Crippen LogP contribution in [0, 0.1) is 5.92 Å². The van der Waals surface area contributed by atoms with Crippen LogP contribution in [0.2, 0.25) is 0 Å². The molecule has 0 spiro atoms. The first-order valence-electron chi connectivity index (χ1n) is 8.79. The van der Waals surface area contributed by atoms with Gasteiger partial charge in [0, 0.05) is 36.6 Å². The number of piperidine rings is 1. The van der Waals surface area contributed by atoms with Crippen molar-refractivity contribution in [3.8, 4) is 0 Å². The van der Waals surface area contributed by atoms with E-state index in [1.165, 1.54) is 32.4 Å². The zero-order valence-electron chi connectivity index (χ0n) is 13.3. The zero-order chi connectivity index (χ0) is 15.4. The lowest BCUT2D eigenvalue weighted by Gasteiger charge is -2.32. The topological polar surface area (TPSA) is 52.2 Å². The third-order valence-corrected chi connectivity index (χ3v) is 5.97. The average molecular weight is 310 g/mol. The second-order valence-corrected chi connectivity index (χ2v) is 7.28. The van der Waals surface area contributed by atoms with Crippen LogP contribution in [-0.2, 0) is 6.42 Å². The van der Waals surface area contributed by atoms with Gasteiger partial charge < -0.3 is 9.80 Å². The molecule has 3 saturated heterocycles. The molecule has 0 aliphatic carbocycles. The van der Waals surface area contributed by atoms with Crippen LogP contribution in [0.4, 0.5) is 0 Å². The minimum absolute atomic E-state index is 0.197. The predicted molar refractivity (Wildman–Crippen MR) is 88.4 cm³/mol. The fraction of sp³-hybridized carbons (Fsp3) is 0.556. The highest BCUT2D eigenvalue weighted by atomic mass is 16.2. The van der Waals surface area contributed by atoms with Gasteiger partial charge in [0.15, 0.2) is 0 Å². The maximum absolute atomic E-state index is 13.2. The van der Waals surface area contributed by atoms with Gasteiger partial charge in [-0.25, -0.2) is 0 Å². The highest BCUT2D eigenvalue weighted by Crippen LogP contribution is 2.32. The monoisotopic (exact) mass is 310 g/mol. The molecular formula is C18H22N4O. The number of nitrogens with one attached hydrogen (secondary N) is 1. The summed E-state index contributed by atoms with van der Waals surface area (Å²) >= 11 is 0. The highest BCUT2D eigenvalue weighted by Gasteiger charge is 2.36. The smallest absolute Gasteiger partial charge is 0.254 e. The van der Waals surface area contributed by atoms with Crippen molar-refractivity contribution < 1.29 is 4.79 Å². The molecule has 4 aliphatic heterocycles. The molecule has 5 nitrogen and oxygen atoms in total. The Morgan fingerprint density at radius 1 is 1.17 bits per heavy atom. The summed E-state index contributed by atoms with van der Waals surface area (Å²) in [6.45, 7) is 4.27. The minimum atomic E-state index is 0.197. The second-order valence-electron chi connectivity index (χ2n) is 7.28. The van der Waals surface area contributed by atoms with E-state index < -0.39 is 0 Å². The van der Waals surface area contributed by atoms with Crippen LogP contribution in [-0.4, -0.2) is 58.1 Å². The van der Waals surface area contributed by atoms with Crippen molar-refractivity contribution in [2.24, 2.45) is 5.92 Å². The van der Waals surface area contributed by atoms with Crippen LogP contribution in [0.15, 0.2) is 18.2 Å². The number of carbonyl (C=O) groups is 1. The number of carbonyl (C=O) groups excluding carboxylic acids is 1. The van der Waals surface area contributed by atoms with Gasteiger partial charge in [-0.3, -0.25) is 9.89 Å². The Kier molecular flexibility index (Phi) is 2.98. The number of hydrogen-bond donors (Lipinski definition) is 1. The second kappa shape index (κ2) is 5.06. The molecule has 2 aromatic rings. The van der Waals surface area contributed by atoms with Crippen LogP contribution in [0.3, 0.4) is 0 Å². The average Bonchev–Trinajstić information content (AvgIpc) is 2.72. The maximum atomic E-state index is 13.2. The van der Waals surface area contributed by atoms with Gasteiger partial charge in [0.1, 0.15) is 0 Å². The van der Waals surface area contributed by atoms with Gasteiger partial charge in [0.2, 0.25) is 0 Å². The quantitative estimate of drug-likeness (QED) is 0.877. The normalized spacial score (nSPS) is 30.5. The molecule has 0 radical (unpaired) electrons. The van der Waals surface area contributed by atoms with E-state index in [0.29, 0.717) is 6.04 Å². The lowest BCUT2D eigenvalue weighted by Crippen LogP contribution is -2.46. The van der Waals surface area contributed by atoms with Gasteiger partial charge in [0.05, 0.1) is 11.1 Å². The Balaban J connectivity index is 1.53. The molecule has 1 atom stereocenters. The Hall–Kier alpha value is -1.88. The first-order chi connectivity index (χ1) is 11.3. The molecule has 120 valence electrons. The lowest BCUT2D eigenvalue weighted by atomic mass is 9.93. The highest BCUT2D eigenvalue weighted by molar-refractivity contribution is 6.07. The number of aromatic amines is 1. The molecule has 6 rings (SSSR count). The first kappa shape index (κ1) is 13.5. The standard InChI is InChI=1S/C18H22N4O/c23-18-14-2-1-3-15-17(14)16(20-19-15)6-9-22(18)13-10-12-4-7-21(11-13)8-5-12/h1-3,12-13H,4-11H2,(H,19,20)/t13-/m0/s1. The van der Waals surface area contributed by atoms with Crippen LogP contribution >= 0.6 is 0 Å². The number of fused-ring (bicyclic) bond motifs is 4. The van der Waals surface area contributed by atoms with Crippen LogP contribution in [0.1, 0.15) is 35.3 Å². The van der Waals surface area contributed by atoms with Crippen LogP contribution in [0.5, 0.6) is 0 Å². The summed E-state index contributed by atoms with van der Waals surface area (Å²) in [6.07, 6.45) is 4.65. The summed E-state index contributed by atoms with van der Waals surface area (Å²) in [5.74, 6) is 0.994. The van der Waals surface area contributed by atoms with Gasteiger partial charge >= 0.3 is 0 Å². The molecule has 1 N–H and O–H groups in total. The SMILES string of the molecule is O=C1c2cccc3n[nH]c(c23)CCN1[C@H]1CC2CCN(CC2)C1. The van der Waals surface area contributed by atoms with E-state index in [-0.39, 0.29) is 5.91 Å². The molecule has 2 bridgehead atoms. The van der Waals surface area contributed by atoms with Crippen molar-refractivity contribution in [1.82, 2.24) is 20.0 Å². The molecule has 0 saturated carbocycles. The molecule has 0 unspecified atom stereocenters. The van der Waals surface area contributed by atoms with E-state index in [2.05, 4.69) is 20.0 Å². The molecule has 1 aromatic carbocycles. The number of rotatable bonds is 1. The van der Waals surface area contributed by atoms with Gasteiger partial charge in [-0.05, 0) is 50.4 Å². The number of benzene rings is 1. The number of hydrogen-bond acceptors (Lipinski definition) is 3. The van der Waals surface area contributed by atoms with Crippen molar-refractivity contribution in [2.45, 2.75) is 31.7 Å². The van der Waals surface area contributed by atoms with E-state index >= 15 is 0 Å². The molecule has 1 amide bonds. The Bertz CT molecular complexity index is 745. The summed E-state index contributed by atoms with van der Waals surface area (Å²) in [6, 6.07) is 6.27. The summed E-state index contributed by atoms with van der Waals surface area (Å²) in [5, 5.41) is 8.53. The molecule has 5 heterocycles. The fourth-order valence-electron chi connectivity index (χ4n) is 4.72. The Labute approximate surface area is 135 Å². The van der Waals surface area contributed by atoms with Gasteiger partial charge in [-0.1, -0.05) is 6.07 Å². The molecule has 1 aromatic heterocycles. The van der Waals surface area contributed by atoms with Crippen molar-refractivity contribution in [3.05, 3.63) is 29.5 Å². The van der Waals surface area contributed by atoms with Crippen molar-refractivity contribution in [2.75, 3.05) is 26.2 Å². The summed E-state index contributed by atoms with van der Waals surface area (Å²) in [5.41, 5.74) is 2.86. The molecular weight excluding hydrogens is 288 g/mol. The lowest BCUT2D eigenvalue weighted by molar-refractivity contribution is 0.0649. The third kappa shape index (κ3) is 2.10. The molecule has 3 fully saturated rings. The molecule has 4 aliphatic rings. The molecule has 5 heteroatoms. The van der Waals surface area contributed by atoms with Crippen LogP contribution in [0.25, 0.3) is 10.9 Å². The van der Waals surface area contributed by atoms with Gasteiger partial charge in [-0.15, -0.1) is 0 Å². The van der Waals surface area contributed by atoms with Gasteiger partial charge in [0.25, 0.3) is 5.91 Å². The Morgan fingerprint density at radius 2 is 2.04 bits per heavy atom. The summed E-state index contributed by atoms with van der Waals surface area (Å²) in [7, 11) is 0. The molecule has 23 heavy (non-hydrogen) atoms. The largest absolute Gasteiger partial charge is 0.334 e. The van der Waals surface area contributed by atoms with E-state index in [9.17, 15) is 4.79 Å². The summed E-state index contributed by atoms with van der Waals surface area (Å²) < 4.78 is 0. The predicted octanol–water partition coefficient (Wildman–Crippen LogP) is 2.05. The summed E-state index contributed by atoms with van der Waals surface area (Å²) in [4.78, 5) is 17.9. The number of H-pyrrole nitrogens is 1. The van der Waals surface area contributed by atoms with Crippen molar-refractivity contribution >= 4 is 16.8 Å². The van der Waals surface area contributed by atoms with Crippen molar-refractivity contribution in [1.29, 1.82) is 0 Å². The van der Waals surface area contributed by atoms with E-state index in [4.69, 9.17) is 0 Å². The number of amides is 1. The van der Waals surface area contributed by atoms with Crippen molar-refractivity contribution in [3.63, 3.8) is 0 Å². The Morgan fingerprint density at radius 3 is 2.91 bits per heavy atom. The van der Waals surface area contributed by atoms with E-state index in [1.807, 2.05) is 18.2 Å². The number of nitrogens with zero attached hydrogens (tertiary/aromatic N) is 3.